The van der Waals surface area contributed by atoms with Crippen molar-refractivity contribution in [2.75, 3.05) is 13.1 Å². The molecule has 0 aliphatic rings. The number of benzene rings is 1. The quantitative estimate of drug-likeness (QED) is 0.636. The highest BCUT2D eigenvalue weighted by molar-refractivity contribution is 5.85. The minimum Gasteiger partial charge on any atom is -0.356 e. The average molecular weight is 314 g/mol. The number of rotatable bonds is 8. The second kappa shape index (κ2) is 11.1. The predicted octanol–water partition coefficient (Wildman–Crippen LogP) is 1.53. The van der Waals surface area contributed by atoms with Gasteiger partial charge in [-0.05, 0) is 24.9 Å². The van der Waals surface area contributed by atoms with Crippen molar-refractivity contribution >= 4 is 24.2 Å². The van der Waals surface area contributed by atoms with Crippen LogP contribution in [0.1, 0.15) is 37.8 Å². The number of halogens is 1. The zero-order chi connectivity index (χ0) is 14.8. The van der Waals surface area contributed by atoms with Crippen molar-refractivity contribution in [2.24, 2.45) is 5.73 Å². The van der Waals surface area contributed by atoms with Gasteiger partial charge in [0.05, 0.1) is 12.5 Å². The molecule has 0 spiro atoms. The fourth-order valence-electron chi connectivity index (χ4n) is 1.94. The SMILES string of the molecule is CC(=O)NC(CC(=O)NCCCCN)c1ccccc1.Cl. The van der Waals surface area contributed by atoms with Crippen LogP contribution in [-0.2, 0) is 9.59 Å². The predicted molar refractivity (Wildman–Crippen MR) is 86.2 cm³/mol. The first-order valence-electron chi connectivity index (χ1n) is 6.92. The molecule has 0 aliphatic carbocycles. The van der Waals surface area contributed by atoms with E-state index in [1.54, 1.807) is 0 Å². The first-order valence-corrected chi connectivity index (χ1v) is 6.92. The van der Waals surface area contributed by atoms with Gasteiger partial charge in [0, 0.05) is 13.5 Å². The summed E-state index contributed by atoms with van der Waals surface area (Å²) < 4.78 is 0. The maximum absolute atomic E-state index is 11.9. The molecule has 1 unspecified atom stereocenters. The monoisotopic (exact) mass is 313 g/mol. The molecule has 0 heterocycles. The van der Waals surface area contributed by atoms with Gasteiger partial charge in [0.15, 0.2) is 0 Å². The van der Waals surface area contributed by atoms with Crippen molar-refractivity contribution < 1.29 is 9.59 Å². The summed E-state index contributed by atoms with van der Waals surface area (Å²) in [7, 11) is 0. The number of carbonyl (C=O) groups is 2. The van der Waals surface area contributed by atoms with Crippen molar-refractivity contribution in [2.45, 2.75) is 32.2 Å². The van der Waals surface area contributed by atoms with Gasteiger partial charge in [-0.2, -0.15) is 0 Å². The number of unbranched alkanes of at least 4 members (excludes halogenated alkanes) is 1. The molecule has 1 atom stereocenters. The van der Waals surface area contributed by atoms with Crippen molar-refractivity contribution in [1.29, 1.82) is 0 Å². The Morgan fingerprint density at radius 2 is 1.86 bits per heavy atom. The highest BCUT2D eigenvalue weighted by Gasteiger charge is 2.16. The van der Waals surface area contributed by atoms with Gasteiger partial charge >= 0.3 is 0 Å². The van der Waals surface area contributed by atoms with Gasteiger partial charge in [-0.15, -0.1) is 12.4 Å². The van der Waals surface area contributed by atoms with Gasteiger partial charge in [-0.25, -0.2) is 0 Å². The van der Waals surface area contributed by atoms with Crippen LogP contribution in [0, 0.1) is 0 Å². The molecule has 4 N–H and O–H groups in total. The van der Waals surface area contributed by atoms with E-state index >= 15 is 0 Å². The van der Waals surface area contributed by atoms with Gasteiger partial charge in [0.25, 0.3) is 0 Å². The molecule has 0 saturated carbocycles. The molecule has 0 aromatic heterocycles. The molecule has 1 aromatic carbocycles. The van der Waals surface area contributed by atoms with E-state index in [1.165, 1.54) is 6.92 Å². The number of nitrogens with one attached hydrogen (secondary N) is 2. The van der Waals surface area contributed by atoms with Crippen LogP contribution in [0.2, 0.25) is 0 Å². The third-order valence-electron chi connectivity index (χ3n) is 2.92. The molecule has 0 radical (unpaired) electrons. The molecule has 0 fully saturated rings. The van der Waals surface area contributed by atoms with Crippen LogP contribution in [0.15, 0.2) is 30.3 Å². The second-order valence-corrected chi connectivity index (χ2v) is 4.71. The number of nitrogens with two attached hydrogens (primary N) is 1. The fraction of sp³-hybridized carbons (Fsp3) is 0.467. The lowest BCUT2D eigenvalue weighted by Crippen LogP contribution is -2.33. The number of amides is 2. The molecule has 1 aromatic rings. The first kappa shape index (κ1) is 19.4. The molecule has 118 valence electrons. The molecular formula is C15H24ClN3O2. The molecule has 0 aliphatic heterocycles. The molecule has 0 bridgehead atoms. The highest BCUT2D eigenvalue weighted by Crippen LogP contribution is 2.16. The minimum atomic E-state index is -0.289. The van der Waals surface area contributed by atoms with E-state index in [4.69, 9.17) is 5.73 Å². The Bertz CT molecular complexity index is 426. The number of hydrogen-bond donors (Lipinski definition) is 3. The van der Waals surface area contributed by atoms with Crippen molar-refractivity contribution in [1.82, 2.24) is 10.6 Å². The van der Waals surface area contributed by atoms with Crippen LogP contribution in [0.4, 0.5) is 0 Å². The maximum atomic E-state index is 11.9. The van der Waals surface area contributed by atoms with E-state index in [9.17, 15) is 9.59 Å². The van der Waals surface area contributed by atoms with Gasteiger partial charge in [0.1, 0.15) is 0 Å². The van der Waals surface area contributed by atoms with E-state index in [2.05, 4.69) is 10.6 Å². The Morgan fingerprint density at radius 1 is 1.19 bits per heavy atom. The third kappa shape index (κ3) is 8.32. The Morgan fingerprint density at radius 3 is 2.43 bits per heavy atom. The standard InChI is InChI=1S/C15H23N3O2.ClH/c1-12(19)18-14(13-7-3-2-4-8-13)11-15(20)17-10-6-5-9-16;/h2-4,7-8,14H,5-6,9-11,16H2,1H3,(H,17,20)(H,18,19);1H. The van der Waals surface area contributed by atoms with E-state index in [1.807, 2.05) is 30.3 Å². The Balaban J connectivity index is 0.00000400. The second-order valence-electron chi connectivity index (χ2n) is 4.71. The molecule has 1 rings (SSSR count). The summed E-state index contributed by atoms with van der Waals surface area (Å²) in [4.78, 5) is 23.1. The summed E-state index contributed by atoms with van der Waals surface area (Å²) in [6, 6.07) is 9.21. The zero-order valence-corrected chi connectivity index (χ0v) is 13.1. The van der Waals surface area contributed by atoms with Crippen LogP contribution in [0.25, 0.3) is 0 Å². The lowest BCUT2D eigenvalue weighted by Gasteiger charge is -2.18. The smallest absolute Gasteiger partial charge is 0.222 e. The summed E-state index contributed by atoms with van der Waals surface area (Å²) in [5.74, 6) is -0.209. The zero-order valence-electron chi connectivity index (χ0n) is 12.3. The summed E-state index contributed by atoms with van der Waals surface area (Å²) in [5.41, 5.74) is 6.33. The van der Waals surface area contributed by atoms with Gasteiger partial charge in [0.2, 0.25) is 11.8 Å². The Hall–Kier alpha value is -1.59. The van der Waals surface area contributed by atoms with E-state index in [0.29, 0.717) is 13.1 Å². The van der Waals surface area contributed by atoms with Gasteiger partial charge in [-0.3, -0.25) is 9.59 Å². The largest absolute Gasteiger partial charge is 0.356 e. The van der Waals surface area contributed by atoms with E-state index < -0.39 is 0 Å². The normalized spacial score (nSPS) is 11.1. The molecule has 5 nitrogen and oxygen atoms in total. The summed E-state index contributed by atoms with van der Waals surface area (Å²) in [6.07, 6.45) is 2.01. The van der Waals surface area contributed by atoms with Gasteiger partial charge in [-0.1, -0.05) is 30.3 Å². The Labute approximate surface area is 132 Å². The summed E-state index contributed by atoms with van der Waals surface area (Å²) >= 11 is 0. The Kier molecular flexibility index (Phi) is 10.3. The van der Waals surface area contributed by atoms with Crippen LogP contribution in [-0.4, -0.2) is 24.9 Å². The molecule has 6 heteroatoms. The molecular weight excluding hydrogens is 290 g/mol. The third-order valence-corrected chi connectivity index (χ3v) is 2.92. The van der Waals surface area contributed by atoms with Crippen LogP contribution in [0.3, 0.4) is 0 Å². The fourth-order valence-corrected chi connectivity index (χ4v) is 1.94. The van der Waals surface area contributed by atoms with Gasteiger partial charge < -0.3 is 16.4 Å². The molecule has 0 saturated heterocycles. The van der Waals surface area contributed by atoms with Crippen LogP contribution >= 0.6 is 12.4 Å². The highest BCUT2D eigenvalue weighted by atomic mass is 35.5. The molecule has 21 heavy (non-hydrogen) atoms. The van der Waals surface area contributed by atoms with Crippen LogP contribution < -0.4 is 16.4 Å². The van der Waals surface area contributed by atoms with Crippen molar-refractivity contribution in [3.63, 3.8) is 0 Å². The maximum Gasteiger partial charge on any atom is 0.222 e. The van der Waals surface area contributed by atoms with E-state index in [0.717, 1.165) is 18.4 Å². The summed E-state index contributed by atoms with van der Waals surface area (Å²) in [5, 5.41) is 5.65. The summed E-state index contributed by atoms with van der Waals surface area (Å²) in [6.45, 7) is 2.71. The topological polar surface area (TPSA) is 84.2 Å². The minimum absolute atomic E-state index is 0. The average Bonchev–Trinajstić information content (AvgIpc) is 2.43. The van der Waals surface area contributed by atoms with Crippen molar-refractivity contribution in [3.05, 3.63) is 35.9 Å². The first-order chi connectivity index (χ1) is 9.63. The molecule has 2 amide bonds. The number of carbonyl (C=O) groups excluding carboxylic acids is 2. The lowest BCUT2D eigenvalue weighted by atomic mass is 10.0. The van der Waals surface area contributed by atoms with Crippen LogP contribution in [0.5, 0.6) is 0 Å². The van der Waals surface area contributed by atoms with E-state index in [-0.39, 0.29) is 36.7 Å². The number of hydrogen-bond acceptors (Lipinski definition) is 3. The van der Waals surface area contributed by atoms with Crippen molar-refractivity contribution in [3.8, 4) is 0 Å². The lowest BCUT2D eigenvalue weighted by molar-refractivity contribution is -0.122.